The van der Waals surface area contributed by atoms with Crippen molar-refractivity contribution >= 4 is 35.5 Å². The van der Waals surface area contributed by atoms with Crippen molar-refractivity contribution in [2.24, 2.45) is 0 Å². The van der Waals surface area contributed by atoms with Gasteiger partial charge in [-0.2, -0.15) is 4.89 Å². The van der Waals surface area contributed by atoms with Crippen LogP contribution >= 0.6 is 0 Å². The van der Waals surface area contributed by atoms with Gasteiger partial charge in [-0.15, -0.1) is 0 Å². The molecule has 0 bridgehead atoms. The third kappa shape index (κ3) is 11.8. The Balaban J connectivity index is 0. The van der Waals surface area contributed by atoms with Crippen molar-refractivity contribution in [3.8, 4) is 0 Å². The zero-order valence-corrected chi connectivity index (χ0v) is 4.59. The average molecular weight is 144 g/mol. The second-order valence-electron chi connectivity index (χ2n) is 1.12. The van der Waals surface area contributed by atoms with E-state index < -0.39 is 5.97 Å². The molecule has 0 rings (SSSR count). The topological polar surface area (TPSA) is 55.8 Å². The molecule has 0 saturated carbocycles. The number of aliphatic hydroxyl groups is 1. The SMILES string of the molecule is CC(=O)OOCCO.[NaH]. The minimum atomic E-state index is -0.515. The molecule has 0 unspecified atom stereocenters. The summed E-state index contributed by atoms with van der Waals surface area (Å²) in [6, 6.07) is 0. The molecule has 0 aromatic carbocycles. The van der Waals surface area contributed by atoms with Crippen molar-refractivity contribution in [2.45, 2.75) is 6.92 Å². The molecule has 0 aliphatic carbocycles. The van der Waals surface area contributed by atoms with Crippen LogP contribution in [0.5, 0.6) is 0 Å². The molecule has 0 amide bonds. The Morgan fingerprint density at radius 3 is 2.56 bits per heavy atom. The molecule has 0 aliphatic heterocycles. The summed E-state index contributed by atoms with van der Waals surface area (Å²) in [5.41, 5.74) is 0. The first-order chi connectivity index (χ1) is 3.77. The zero-order valence-electron chi connectivity index (χ0n) is 4.59. The molecule has 0 aliphatic rings. The fourth-order valence-corrected chi connectivity index (χ4v) is 0.162. The van der Waals surface area contributed by atoms with Gasteiger partial charge < -0.3 is 5.11 Å². The van der Waals surface area contributed by atoms with Crippen molar-refractivity contribution in [2.75, 3.05) is 13.2 Å². The van der Waals surface area contributed by atoms with Crippen LogP contribution < -0.4 is 0 Å². The summed E-state index contributed by atoms with van der Waals surface area (Å²) < 4.78 is 0. The molecule has 0 radical (unpaired) electrons. The molecule has 1 N–H and O–H groups in total. The van der Waals surface area contributed by atoms with E-state index in [1.807, 2.05) is 0 Å². The number of carbonyl (C=O) groups excluding carboxylic acids is 1. The van der Waals surface area contributed by atoms with E-state index in [4.69, 9.17) is 5.11 Å². The van der Waals surface area contributed by atoms with E-state index in [1.54, 1.807) is 0 Å². The van der Waals surface area contributed by atoms with Gasteiger partial charge in [0.25, 0.3) is 0 Å². The van der Waals surface area contributed by atoms with Gasteiger partial charge in [0, 0.05) is 6.92 Å². The summed E-state index contributed by atoms with van der Waals surface area (Å²) in [6.45, 7) is 1.10. The number of hydrogen-bond acceptors (Lipinski definition) is 4. The summed E-state index contributed by atoms with van der Waals surface area (Å²) >= 11 is 0. The van der Waals surface area contributed by atoms with E-state index in [0.717, 1.165) is 0 Å². The van der Waals surface area contributed by atoms with E-state index in [0.29, 0.717) is 0 Å². The molecule has 9 heavy (non-hydrogen) atoms. The Morgan fingerprint density at radius 2 is 2.22 bits per heavy atom. The third-order valence-electron chi connectivity index (χ3n) is 0.351. The van der Waals surface area contributed by atoms with Crippen molar-refractivity contribution in [1.82, 2.24) is 0 Å². The van der Waals surface area contributed by atoms with Crippen LogP contribution in [-0.2, 0) is 14.6 Å². The molecule has 0 fully saturated rings. The van der Waals surface area contributed by atoms with Gasteiger partial charge in [0.1, 0.15) is 6.61 Å². The second-order valence-corrected chi connectivity index (χ2v) is 1.12. The van der Waals surface area contributed by atoms with Gasteiger partial charge in [0.15, 0.2) is 0 Å². The number of hydrogen-bond donors (Lipinski definition) is 1. The quantitative estimate of drug-likeness (QED) is 0.234. The van der Waals surface area contributed by atoms with E-state index >= 15 is 0 Å². The summed E-state index contributed by atoms with van der Waals surface area (Å²) in [4.78, 5) is 18.0. The Hall–Kier alpha value is 0.390. The van der Waals surface area contributed by atoms with Crippen LogP contribution in [-0.4, -0.2) is 53.8 Å². The molecule has 0 aromatic heterocycles. The standard InChI is InChI=1S/C4H8O4.Na.H/c1-4(6)8-7-3-2-5;;/h5H,2-3H2,1H3;;. The van der Waals surface area contributed by atoms with Crippen molar-refractivity contribution in [1.29, 1.82) is 0 Å². The van der Waals surface area contributed by atoms with Crippen LogP contribution in [0.1, 0.15) is 6.92 Å². The summed E-state index contributed by atoms with van der Waals surface area (Å²) in [6.07, 6.45) is 0. The maximum atomic E-state index is 9.89. The zero-order chi connectivity index (χ0) is 6.41. The first kappa shape index (κ1) is 12.1. The van der Waals surface area contributed by atoms with Gasteiger partial charge >= 0.3 is 35.5 Å². The Kier molecular flexibility index (Phi) is 11.3. The normalized spacial score (nSPS) is 7.78. The van der Waals surface area contributed by atoms with Crippen molar-refractivity contribution < 1.29 is 19.7 Å². The molecular weight excluding hydrogens is 135 g/mol. The monoisotopic (exact) mass is 144 g/mol. The molecule has 0 spiro atoms. The predicted octanol–water partition coefficient (Wildman–Crippen LogP) is -1.18. The Morgan fingerprint density at radius 1 is 1.67 bits per heavy atom. The Labute approximate surface area is 75.4 Å². The molecule has 4 nitrogen and oxygen atoms in total. The molecule has 0 heterocycles. The fourth-order valence-electron chi connectivity index (χ4n) is 0.162. The second kappa shape index (κ2) is 8.39. The molecule has 0 aromatic rings. The van der Waals surface area contributed by atoms with Gasteiger partial charge in [-0.25, -0.2) is 4.79 Å². The predicted molar refractivity (Wildman–Crippen MR) is 32.0 cm³/mol. The van der Waals surface area contributed by atoms with E-state index in [9.17, 15) is 4.79 Å². The van der Waals surface area contributed by atoms with Crippen LogP contribution in [0.2, 0.25) is 0 Å². The first-order valence-corrected chi connectivity index (χ1v) is 2.18. The van der Waals surface area contributed by atoms with E-state index in [2.05, 4.69) is 9.78 Å². The third-order valence-corrected chi connectivity index (χ3v) is 0.351. The average Bonchev–Trinajstić information content (AvgIpc) is 1.66. The van der Waals surface area contributed by atoms with Gasteiger partial charge in [-0.05, 0) is 0 Å². The van der Waals surface area contributed by atoms with Crippen LogP contribution in [0.4, 0.5) is 0 Å². The fraction of sp³-hybridized carbons (Fsp3) is 0.750. The van der Waals surface area contributed by atoms with Gasteiger partial charge in [-0.3, -0.25) is 4.89 Å². The Bertz CT molecular complexity index is 75.0. The van der Waals surface area contributed by atoms with E-state index in [1.165, 1.54) is 6.92 Å². The molecule has 0 saturated heterocycles. The van der Waals surface area contributed by atoms with Gasteiger partial charge in [0.2, 0.25) is 0 Å². The van der Waals surface area contributed by atoms with Gasteiger partial charge in [-0.1, -0.05) is 0 Å². The van der Waals surface area contributed by atoms with E-state index in [-0.39, 0.29) is 42.8 Å². The first-order valence-electron chi connectivity index (χ1n) is 2.18. The summed E-state index contributed by atoms with van der Waals surface area (Å²) in [5, 5.41) is 8.06. The van der Waals surface area contributed by atoms with Crippen LogP contribution in [0.15, 0.2) is 0 Å². The summed E-state index contributed by atoms with van der Waals surface area (Å²) in [7, 11) is 0. The molecule has 5 heteroatoms. The number of rotatable bonds is 3. The number of aliphatic hydroxyl groups excluding tert-OH is 1. The summed E-state index contributed by atoms with van der Waals surface area (Å²) in [5.74, 6) is -0.515. The van der Waals surface area contributed by atoms with Crippen molar-refractivity contribution in [3.05, 3.63) is 0 Å². The van der Waals surface area contributed by atoms with Gasteiger partial charge in [0.05, 0.1) is 6.61 Å². The molecule has 50 valence electrons. The number of carbonyl (C=O) groups is 1. The maximum absolute atomic E-state index is 9.89. The molecular formula is C4H9NaO4. The van der Waals surface area contributed by atoms with Crippen molar-refractivity contribution in [3.63, 3.8) is 0 Å². The molecule has 0 atom stereocenters. The minimum absolute atomic E-state index is 0. The van der Waals surface area contributed by atoms with Crippen LogP contribution in [0, 0.1) is 0 Å². The van der Waals surface area contributed by atoms with Crippen LogP contribution in [0.25, 0.3) is 0 Å². The van der Waals surface area contributed by atoms with Crippen LogP contribution in [0.3, 0.4) is 0 Å².